The molecule has 0 aliphatic heterocycles. The monoisotopic (exact) mass is 248 g/mol. The van der Waals surface area contributed by atoms with E-state index in [2.05, 4.69) is 22.4 Å². The summed E-state index contributed by atoms with van der Waals surface area (Å²) < 4.78 is 0. The maximum absolute atomic E-state index is 9.18. The lowest BCUT2D eigenvalue weighted by Gasteiger charge is -2.10. The van der Waals surface area contributed by atoms with E-state index in [1.807, 2.05) is 26.0 Å². The standard InChI is InChI=1S/C15H12N4/c1-10-4-3-5-14(13(10)9-17)19-15-12(8-16)7-6-11(2)18-15/h3-7H,1-2H3,(H,18,19). The highest BCUT2D eigenvalue weighted by molar-refractivity contribution is 5.69. The van der Waals surface area contributed by atoms with Crippen LogP contribution in [-0.2, 0) is 0 Å². The van der Waals surface area contributed by atoms with E-state index in [4.69, 9.17) is 5.26 Å². The molecule has 0 aliphatic carbocycles. The molecule has 1 aromatic heterocycles. The second kappa shape index (κ2) is 5.20. The van der Waals surface area contributed by atoms with Gasteiger partial charge in [-0.1, -0.05) is 12.1 Å². The van der Waals surface area contributed by atoms with Gasteiger partial charge in [-0.15, -0.1) is 0 Å². The summed E-state index contributed by atoms with van der Waals surface area (Å²) in [6.45, 7) is 3.73. The molecule has 0 radical (unpaired) electrons. The first-order chi connectivity index (χ1) is 9.15. The normalized spacial score (nSPS) is 9.47. The van der Waals surface area contributed by atoms with Crippen LogP contribution in [0.5, 0.6) is 0 Å². The van der Waals surface area contributed by atoms with Crippen molar-refractivity contribution in [3.05, 3.63) is 52.7 Å². The van der Waals surface area contributed by atoms with E-state index in [1.165, 1.54) is 0 Å². The molecule has 0 bridgehead atoms. The van der Waals surface area contributed by atoms with Gasteiger partial charge in [-0.05, 0) is 37.6 Å². The Labute approximate surface area is 112 Å². The fourth-order valence-corrected chi connectivity index (χ4v) is 1.79. The number of nitriles is 2. The van der Waals surface area contributed by atoms with Gasteiger partial charge in [0.25, 0.3) is 0 Å². The number of nitrogens with one attached hydrogen (secondary N) is 1. The molecule has 0 amide bonds. The number of rotatable bonds is 2. The number of aryl methyl sites for hydroxylation is 2. The van der Waals surface area contributed by atoms with E-state index in [9.17, 15) is 5.26 Å². The van der Waals surface area contributed by atoms with Crippen molar-refractivity contribution in [3.8, 4) is 12.1 Å². The molecular formula is C15H12N4. The van der Waals surface area contributed by atoms with Crippen LogP contribution in [0.15, 0.2) is 30.3 Å². The topological polar surface area (TPSA) is 72.5 Å². The Kier molecular flexibility index (Phi) is 3.45. The van der Waals surface area contributed by atoms with Gasteiger partial charge in [0.1, 0.15) is 18.0 Å². The summed E-state index contributed by atoms with van der Waals surface area (Å²) in [5, 5.41) is 21.3. The third-order valence-electron chi connectivity index (χ3n) is 2.79. The van der Waals surface area contributed by atoms with Crippen LogP contribution in [-0.4, -0.2) is 4.98 Å². The Balaban J connectivity index is 2.49. The first-order valence-corrected chi connectivity index (χ1v) is 5.80. The predicted octanol–water partition coefficient (Wildman–Crippen LogP) is 3.19. The van der Waals surface area contributed by atoms with Crippen LogP contribution in [0, 0.1) is 36.5 Å². The lowest BCUT2D eigenvalue weighted by Crippen LogP contribution is -2.01. The van der Waals surface area contributed by atoms with Crippen molar-refractivity contribution >= 4 is 11.5 Å². The number of hydrogen-bond donors (Lipinski definition) is 1. The van der Waals surface area contributed by atoms with Crippen LogP contribution in [0.3, 0.4) is 0 Å². The van der Waals surface area contributed by atoms with Gasteiger partial charge < -0.3 is 5.32 Å². The number of benzene rings is 1. The van der Waals surface area contributed by atoms with Crippen LogP contribution in [0.1, 0.15) is 22.4 Å². The average Bonchev–Trinajstić information content (AvgIpc) is 2.39. The minimum atomic E-state index is 0.455. The molecule has 2 rings (SSSR count). The van der Waals surface area contributed by atoms with Crippen molar-refractivity contribution < 1.29 is 0 Å². The van der Waals surface area contributed by atoms with Gasteiger partial charge in [-0.3, -0.25) is 0 Å². The lowest BCUT2D eigenvalue weighted by atomic mass is 10.1. The van der Waals surface area contributed by atoms with Crippen LogP contribution < -0.4 is 5.32 Å². The van der Waals surface area contributed by atoms with Gasteiger partial charge >= 0.3 is 0 Å². The molecule has 4 nitrogen and oxygen atoms in total. The van der Waals surface area contributed by atoms with Crippen LogP contribution in [0.25, 0.3) is 0 Å². The van der Waals surface area contributed by atoms with Gasteiger partial charge in [-0.25, -0.2) is 4.98 Å². The Bertz CT molecular complexity index is 705. The molecule has 0 aliphatic rings. The van der Waals surface area contributed by atoms with E-state index in [0.717, 1.165) is 11.3 Å². The largest absolute Gasteiger partial charge is 0.338 e. The molecule has 4 heteroatoms. The molecule has 1 heterocycles. The Morgan fingerprint density at radius 1 is 1.05 bits per heavy atom. The van der Waals surface area contributed by atoms with E-state index in [-0.39, 0.29) is 0 Å². The van der Waals surface area contributed by atoms with Crippen molar-refractivity contribution in [2.24, 2.45) is 0 Å². The summed E-state index contributed by atoms with van der Waals surface area (Å²) in [7, 11) is 0. The van der Waals surface area contributed by atoms with Gasteiger partial charge in [0.15, 0.2) is 0 Å². The smallest absolute Gasteiger partial charge is 0.148 e. The van der Waals surface area contributed by atoms with E-state index in [1.54, 1.807) is 18.2 Å². The van der Waals surface area contributed by atoms with Crippen molar-refractivity contribution in [2.75, 3.05) is 5.32 Å². The van der Waals surface area contributed by atoms with Crippen molar-refractivity contribution in [2.45, 2.75) is 13.8 Å². The minimum absolute atomic E-state index is 0.455. The number of anilines is 2. The fraction of sp³-hybridized carbons (Fsp3) is 0.133. The highest BCUT2D eigenvalue weighted by atomic mass is 15.0. The number of pyridine rings is 1. The zero-order valence-electron chi connectivity index (χ0n) is 10.7. The number of aromatic nitrogens is 1. The lowest BCUT2D eigenvalue weighted by molar-refractivity contribution is 1.18. The van der Waals surface area contributed by atoms with E-state index in [0.29, 0.717) is 22.6 Å². The first kappa shape index (κ1) is 12.6. The molecule has 1 N–H and O–H groups in total. The van der Waals surface area contributed by atoms with Gasteiger partial charge in [0.05, 0.1) is 16.8 Å². The molecule has 1 aromatic carbocycles. The third kappa shape index (κ3) is 2.53. The minimum Gasteiger partial charge on any atom is -0.338 e. The van der Waals surface area contributed by atoms with Crippen LogP contribution >= 0.6 is 0 Å². The highest BCUT2D eigenvalue weighted by Crippen LogP contribution is 2.24. The average molecular weight is 248 g/mol. The summed E-state index contributed by atoms with van der Waals surface area (Å²) in [5.41, 5.74) is 3.38. The van der Waals surface area contributed by atoms with Crippen LogP contribution in [0.2, 0.25) is 0 Å². The van der Waals surface area contributed by atoms with Crippen molar-refractivity contribution in [3.63, 3.8) is 0 Å². The summed E-state index contributed by atoms with van der Waals surface area (Å²) in [5.74, 6) is 0.476. The Morgan fingerprint density at radius 3 is 2.53 bits per heavy atom. The second-order valence-electron chi connectivity index (χ2n) is 4.19. The molecule has 2 aromatic rings. The number of nitrogens with zero attached hydrogens (tertiary/aromatic N) is 3. The van der Waals surface area contributed by atoms with Gasteiger partial charge in [0, 0.05) is 5.69 Å². The SMILES string of the molecule is Cc1ccc(C#N)c(Nc2cccc(C)c2C#N)n1. The van der Waals surface area contributed by atoms with Crippen molar-refractivity contribution in [1.82, 2.24) is 4.98 Å². The van der Waals surface area contributed by atoms with Crippen LogP contribution in [0.4, 0.5) is 11.5 Å². The molecule has 0 atom stereocenters. The quantitative estimate of drug-likeness (QED) is 0.885. The molecule has 92 valence electrons. The predicted molar refractivity (Wildman–Crippen MR) is 72.9 cm³/mol. The Morgan fingerprint density at radius 2 is 1.84 bits per heavy atom. The maximum Gasteiger partial charge on any atom is 0.148 e. The first-order valence-electron chi connectivity index (χ1n) is 5.80. The summed E-state index contributed by atoms with van der Waals surface area (Å²) in [6.07, 6.45) is 0. The van der Waals surface area contributed by atoms with E-state index < -0.39 is 0 Å². The van der Waals surface area contributed by atoms with Gasteiger partial charge in [-0.2, -0.15) is 10.5 Å². The van der Waals surface area contributed by atoms with E-state index >= 15 is 0 Å². The zero-order valence-corrected chi connectivity index (χ0v) is 10.7. The van der Waals surface area contributed by atoms with Crippen molar-refractivity contribution in [1.29, 1.82) is 10.5 Å². The molecule has 19 heavy (non-hydrogen) atoms. The molecule has 0 spiro atoms. The Hall–Kier alpha value is -2.85. The fourth-order valence-electron chi connectivity index (χ4n) is 1.79. The zero-order chi connectivity index (χ0) is 13.8. The van der Waals surface area contributed by atoms with Gasteiger partial charge in [0.2, 0.25) is 0 Å². The summed E-state index contributed by atoms with van der Waals surface area (Å²) >= 11 is 0. The molecule has 0 fully saturated rings. The maximum atomic E-state index is 9.18. The molecule has 0 unspecified atom stereocenters. The summed E-state index contributed by atoms with van der Waals surface area (Å²) in [4.78, 5) is 4.30. The summed E-state index contributed by atoms with van der Waals surface area (Å²) in [6, 6.07) is 13.3. The molecule has 0 saturated carbocycles. The molecule has 0 saturated heterocycles. The highest BCUT2D eigenvalue weighted by Gasteiger charge is 2.09. The molecular weight excluding hydrogens is 236 g/mol. The second-order valence-corrected chi connectivity index (χ2v) is 4.19. The number of hydrogen-bond acceptors (Lipinski definition) is 4. The third-order valence-corrected chi connectivity index (χ3v) is 2.79.